The van der Waals surface area contributed by atoms with Crippen molar-refractivity contribution in [3.05, 3.63) is 73.3 Å². The molecule has 2 atom stereocenters. The Labute approximate surface area is 115 Å². The number of hydrogen-bond donors (Lipinski definition) is 0. The zero-order valence-corrected chi connectivity index (χ0v) is 12.0. The predicted octanol–water partition coefficient (Wildman–Crippen LogP) is 4.79. The molecule has 0 aliphatic carbocycles. The molecule has 0 saturated carbocycles. The highest BCUT2D eigenvalue weighted by atomic mass is 32.2. The predicted molar refractivity (Wildman–Crippen MR) is 82.6 cm³/mol. The Morgan fingerprint density at radius 3 is 2.33 bits per heavy atom. The maximum atomic E-state index is 5.44. The van der Waals surface area contributed by atoms with Crippen LogP contribution in [0.2, 0.25) is 0 Å². The van der Waals surface area contributed by atoms with E-state index in [4.69, 9.17) is 4.84 Å². The van der Waals surface area contributed by atoms with E-state index in [0.29, 0.717) is 0 Å². The van der Waals surface area contributed by atoms with Crippen molar-refractivity contribution in [3.8, 4) is 0 Å². The molecule has 2 unspecified atom stereocenters. The maximum absolute atomic E-state index is 5.44. The monoisotopic (exact) mass is 263 g/mol. The summed E-state index contributed by atoms with van der Waals surface area (Å²) in [7, 11) is 0. The molecule has 0 N–H and O–H groups in total. The minimum Gasteiger partial charge on any atom is -0.258 e. The first-order valence-corrected chi connectivity index (χ1v) is 6.42. The molecule has 0 amide bonds. The first-order valence-electron chi connectivity index (χ1n) is 5.64. The van der Waals surface area contributed by atoms with Gasteiger partial charge in [0.25, 0.3) is 0 Å². The van der Waals surface area contributed by atoms with Gasteiger partial charge in [0.2, 0.25) is 0 Å². The van der Waals surface area contributed by atoms with Gasteiger partial charge in [-0.05, 0) is 25.8 Å². The first-order chi connectivity index (χ1) is 8.76. The second-order valence-electron chi connectivity index (χ2n) is 3.13. The number of hydroxylamine groups is 1. The molecular weight excluding hydrogens is 242 g/mol. The number of allylic oxidation sites excluding steroid dienone is 5. The number of rotatable bonds is 6. The van der Waals surface area contributed by atoms with Crippen LogP contribution < -0.4 is 0 Å². The van der Waals surface area contributed by atoms with E-state index < -0.39 is 0 Å². The van der Waals surface area contributed by atoms with Crippen LogP contribution in [0.15, 0.2) is 73.3 Å². The molecule has 2 nitrogen and oxygen atoms in total. The van der Waals surface area contributed by atoms with Gasteiger partial charge in [-0.1, -0.05) is 54.1 Å². The summed E-state index contributed by atoms with van der Waals surface area (Å²) in [4.78, 5) is 6.52. The van der Waals surface area contributed by atoms with Crippen LogP contribution in [0, 0.1) is 0 Å². The van der Waals surface area contributed by atoms with E-state index in [1.165, 1.54) is 11.9 Å². The Hall–Kier alpha value is -1.29. The fourth-order valence-electron chi connectivity index (χ4n) is 1.09. The second-order valence-corrected chi connectivity index (χ2v) is 4.14. The summed E-state index contributed by atoms with van der Waals surface area (Å²) in [5, 5.41) is 0. The van der Waals surface area contributed by atoms with E-state index in [0.717, 1.165) is 10.5 Å². The molecule has 0 aromatic heterocycles. The average molecular weight is 263 g/mol. The Balaban J connectivity index is 0.00000137. The molecule has 0 aromatic rings. The van der Waals surface area contributed by atoms with E-state index in [2.05, 4.69) is 26.3 Å². The number of hydrogen-bond acceptors (Lipinski definition) is 3. The molecule has 1 aliphatic rings. The van der Waals surface area contributed by atoms with E-state index in [9.17, 15) is 0 Å². The minimum atomic E-state index is 0.00796. The van der Waals surface area contributed by atoms with E-state index in [1.54, 1.807) is 0 Å². The summed E-state index contributed by atoms with van der Waals surface area (Å²) in [5.41, 5.74) is 1.06. The molecule has 98 valence electrons. The molecule has 3 heteroatoms. The van der Waals surface area contributed by atoms with Gasteiger partial charge in [0.1, 0.15) is 0 Å². The third kappa shape index (κ3) is 5.36. The van der Waals surface area contributed by atoms with Crippen molar-refractivity contribution in [3.63, 3.8) is 0 Å². The lowest BCUT2D eigenvalue weighted by Crippen LogP contribution is -1.95. The molecule has 1 fully saturated rings. The van der Waals surface area contributed by atoms with Gasteiger partial charge in [-0.3, -0.25) is 4.84 Å². The highest BCUT2D eigenvalue weighted by Gasteiger charge is 2.39. The Bertz CT molecular complexity index is 369. The Kier molecular flexibility index (Phi) is 9.01. The average Bonchev–Trinajstić information content (AvgIpc) is 3.18. The Morgan fingerprint density at radius 2 is 1.89 bits per heavy atom. The van der Waals surface area contributed by atoms with Crippen LogP contribution in [0.25, 0.3) is 0 Å². The van der Waals surface area contributed by atoms with Crippen LogP contribution in [0.5, 0.6) is 0 Å². The second kappa shape index (κ2) is 9.71. The first kappa shape index (κ1) is 16.7. The van der Waals surface area contributed by atoms with Crippen molar-refractivity contribution in [1.82, 2.24) is 4.47 Å². The highest BCUT2D eigenvalue weighted by molar-refractivity contribution is 8.01. The van der Waals surface area contributed by atoms with Crippen molar-refractivity contribution in [2.45, 2.75) is 20.1 Å². The topological polar surface area (TPSA) is 15.5 Å². The van der Waals surface area contributed by atoms with Crippen LogP contribution in [0.1, 0.15) is 13.8 Å². The molecule has 1 heterocycles. The van der Waals surface area contributed by atoms with Gasteiger partial charge in [0, 0.05) is 10.5 Å². The number of nitrogens with zero attached hydrogens (tertiary/aromatic N) is 1. The van der Waals surface area contributed by atoms with Crippen molar-refractivity contribution >= 4 is 11.9 Å². The fraction of sp³-hybridized carbons (Fsp3) is 0.200. The van der Waals surface area contributed by atoms with Gasteiger partial charge in [-0.25, -0.2) is 0 Å². The molecule has 18 heavy (non-hydrogen) atoms. The molecule has 0 bridgehead atoms. The summed E-state index contributed by atoms with van der Waals surface area (Å²) in [6, 6.07) is 0. The van der Waals surface area contributed by atoms with Gasteiger partial charge in [0.15, 0.2) is 6.23 Å². The van der Waals surface area contributed by atoms with Crippen LogP contribution in [0.4, 0.5) is 0 Å². The van der Waals surface area contributed by atoms with Crippen LogP contribution >= 0.6 is 11.9 Å². The van der Waals surface area contributed by atoms with Gasteiger partial charge in [-0.2, -0.15) is 0 Å². The standard InChI is InChI=1S/C13H17NOS.C2H4/c1-5-9-10-11(6-2)13-14(15-13)16-12(7-3)8-4;1-2/h5-10,13H,2-3H2,1,4H3;1-2H2/b9-5-,11-10+,12-8+;. The van der Waals surface area contributed by atoms with Crippen molar-refractivity contribution < 1.29 is 4.84 Å². The highest BCUT2D eigenvalue weighted by Crippen LogP contribution is 2.39. The lowest BCUT2D eigenvalue weighted by Gasteiger charge is -1.98. The summed E-state index contributed by atoms with van der Waals surface area (Å²) in [6.45, 7) is 17.5. The molecule has 0 spiro atoms. The maximum Gasteiger partial charge on any atom is 0.192 e. The van der Waals surface area contributed by atoms with E-state index in [-0.39, 0.29) is 6.23 Å². The summed E-state index contributed by atoms with van der Waals surface area (Å²) >= 11 is 1.54. The zero-order valence-electron chi connectivity index (χ0n) is 11.1. The van der Waals surface area contributed by atoms with E-state index in [1.807, 2.05) is 54.8 Å². The molecule has 1 aliphatic heterocycles. The fourth-order valence-corrected chi connectivity index (χ4v) is 1.82. The third-order valence-corrected chi connectivity index (χ3v) is 3.10. The molecule has 0 radical (unpaired) electrons. The summed E-state index contributed by atoms with van der Waals surface area (Å²) < 4.78 is 1.83. The normalized spacial score (nSPS) is 23.2. The third-order valence-electron chi connectivity index (χ3n) is 2.03. The molecule has 1 saturated heterocycles. The molecule has 1 rings (SSSR count). The van der Waals surface area contributed by atoms with E-state index >= 15 is 0 Å². The van der Waals surface area contributed by atoms with Gasteiger partial charge in [0.05, 0.1) is 0 Å². The Morgan fingerprint density at radius 1 is 1.22 bits per heavy atom. The zero-order chi connectivity index (χ0) is 14.0. The molecular formula is C15H21NOS. The smallest absolute Gasteiger partial charge is 0.192 e. The lowest BCUT2D eigenvalue weighted by molar-refractivity contribution is 0.306. The van der Waals surface area contributed by atoms with Gasteiger partial charge >= 0.3 is 0 Å². The SMILES string of the molecule is C=C.C=C/C(=C\C)SN1OC1/C(C=C)=C/C=C\C. The minimum absolute atomic E-state index is 0.00796. The van der Waals surface area contributed by atoms with Crippen molar-refractivity contribution in [2.24, 2.45) is 0 Å². The van der Waals surface area contributed by atoms with Crippen LogP contribution in [-0.2, 0) is 4.84 Å². The molecule has 0 aromatic carbocycles. The van der Waals surface area contributed by atoms with Gasteiger partial charge < -0.3 is 0 Å². The van der Waals surface area contributed by atoms with Crippen molar-refractivity contribution in [2.75, 3.05) is 0 Å². The summed E-state index contributed by atoms with van der Waals surface area (Å²) in [5.74, 6) is 0. The van der Waals surface area contributed by atoms with Gasteiger partial charge in [-0.15, -0.1) is 13.2 Å². The van der Waals surface area contributed by atoms with Crippen LogP contribution in [-0.4, -0.2) is 10.7 Å². The van der Waals surface area contributed by atoms with Crippen molar-refractivity contribution in [1.29, 1.82) is 0 Å². The lowest BCUT2D eigenvalue weighted by atomic mass is 10.2. The summed E-state index contributed by atoms with van der Waals surface area (Å²) in [6.07, 6.45) is 11.6. The van der Waals surface area contributed by atoms with Crippen LogP contribution in [0.3, 0.4) is 0 Å². The quantitative estimate of drug-likeness (QED) is 0.296. The largest absolute Gasteiger partial charge is 0.258 e.